The third-order valence-electron chi connectivity index (χ3n) is 3.14. The van der Waals surface area contributed by atoms with Gasteiger partial charge in [-0.25, -0.2) is 9.97 Å². The molecule has 1 aromatic heterocycles. The second kappa shape index (κ2) is 5.43. The number of benzene rings is 1. The molecule has 0 aliphatic heterocycles. The molecule has 106 valence electrons. The van der Waals surface area contributed by atoms with Gasteiger partial charge in [-0.05, 0) is 19.9 Å². The lowest BCUT2D eigenvalue weighted by molar-refractivity contribution is 0.564. The average Bonchev–Trinajstić information content (AvgIpc) is 2.37. The van der Waals surface area contributed by atoms with Crippen LogP contribution in [0.2, 0.25) is 0 Å². The van der Waals surface area contributed by atoms with Crippen LogP contribution in [0.5, 0.6) is 0 Å². The van der Waals surface area contributed by atoms with Crippen molar-refractivity contribution in [3.63, 3.8) is 0 Å². The molecule has 1 aromatic carbocycles. The van der Waals surface area contributed by atoms with E-state index in [0.717, 1.165) is 22.8 Å². The molecule has 0 N–H and O–H groups in total. The van der Waals surface area contributed by atoms with E-state index in [0.29, 0.717) is 0 Å². The van der Waals surface area contributed by atoms with E-state index in [4.69, 9.17) is 9.97 Å². The highest BCUT2D eigenvalue weighted by atomic mass is 127. The molecule has 3 heteroatoms. The van der Waals surface area contributed by atoms with Gasteiger partial charge in [0.05, 0.1) is 14.8 Å². The van der Waals surface area contributed by atoms with E-state index in [1.807, 2.05) is 18.2 Å². The Labute approximate surface area is 135 Å². The number of hydrogen-bond donors (Lipinski definition) is 0. The van der Waals surface area contributed by atoms with Gasteiger partial charge in [-0.3, -0.25) is 0 Å². The monoisotopic (exact) mass is 380 g/mol. The van der Waals surface area contributed by atoms with Crippen LogP contribution < -0.4 is 0 Å². The molecule has 0 fully saturated rings. The first-order valence-corrected chi connectivity index (χ1v) is 7.90. The van der Waals surface area contributed by atoms with E-state index in [1.54, 1.807) is 0 Å². The molecule has 2 rings (SSSR count). The molecule has 0 unspecified atom stereocenters. The van der Waals surface area contributed by atoms with Crippen LogP contribution in [0.15, 0.2) is 36.4 Å². The molecule has 0 spiro atoms. The lowest BCUT2D eigenvalue weighted by Crippen LogP contribution is -2.19. The standard InChI is InChI=1S/C17H21IN2/c1-16(2,3)13-11-14(17(4,5)18)20-15(19-13)12-9-7-6-8-10-12/h6-11H,1-5H3. The zero-order chi connectivity index (χ0) is 15.0. The summed E-state index contributed by atoms with van der Waals surface area (Å²) in [5.41, 5.74) is 3.26. The number of halogens is 1. The number of alkyl halides is 1. The average molecular weight is 380 g/mol. The summed E-state index contributed by atoms with van der Waals surface area (Å²) < 4.78 is -0.00969. The Morgan fingerprint density at radius 1 is 0.850 bits per heavy atom. The van der Waals surface area contributed by atoms with Crippen LogP contribution in [0.1, 0.15) is 46.0 Å². The second-order valence-electron chi connectivity index (χ2n) is 6.55. The Bertz CT molecular complexity index is 560. The Morgan fingerprint density at radius 2 is 1.40 bits per heavy atom. The smallest absolute Gasteiger partial charge is 0.159 e. The van der Waals surface area contributed by atoms with Crippen molar-refractivity contribution in [2.75, 3.05) is 0 Å². The van der Waals surface area contributed by atoms with Gasteiger partial charge in [0.1, 0.15) is 0 Å². The van der Waals surface area contributed by atoms with Crippen molar-refractivity contribution in [2.45, 2.75) is 43.5 Å². The number of rotatable bonds is 2. The van der Waals surface area contributed by atoms with Crippen LogP contribution in [0.3, 0.4) is 0 Å². The third-order valence-corrected chi connectivity index (χ3v) is 3.69. The molecule has 1 heterocycles. The summed E-state index contributed by atoms with van der Waals surface area (Å²) in [7, 11) is 0. The SMILES string of the molecule is CC(C)(C)c1cc(C(C)(C)I)nc(-c2ccccc2)n1. The zero-order valence-electron chi connectivity index (χ0n) is 12.7. The van der Waals surface area contributed by atoms with Gasteiger partial charge in [0.25, 0.3) is 0 Å². The summed E-state index contributed by atoms with van der Waals surface area (Å²) in [6.07, 6.45) is 0. The van der Waals surface area contributed by atoms with Crippen molar-refractivity contribution < 1.29 is 0 Å². The van der Waals surface area contributed by atoms with Crippen LogP contribution in [-0.2, 0) is 8.84 Å². The van der Waals surface area contributed by atoms with Gasteiger partial charge in [0, 0.05) is 11.0 Å². The number of aromatic nitrogens is 2. The quantitative estimate of drug-likeness (QED) is 0.535. The van der Waals surface area contributed by atoms with E-state index in [1.165, 1.54) is 0 Å². The molecule has 0 bridgehead atoms. The molecule has 0 atom stereocenters. The van der Waals surface area contributed by atoms with Crippen molar-refractivity contribution in [3.05, 3.63) is 47.8 Å². The van der Waals surface area contributed by atoms with Crippen LogP contribution >= 0.6 is 22.6 Å². The zero-order valence-corrected chi connectivity index (χ0v) is 14.9. The lowest BCUT2D eigenvalue weighted by atomic mass is 9.90. The lowest BCUT2D eigenvalue weighted by Gasteiger charge is -2.23. The number of nitrogens with zero attached hydrogens (tertiary/aromatic N) is 2. The van der Waals surface area contributed by atoms with Gasteiger partial charge >= 0.3 is 0 Å². The van der Waals surface area contributed by atoms with Gasteiger partial charge in [-0.2, -0.15) is 0 Å². The summed E-state index contributed by atoms with van der Waals surface area (Å²) in [4.78, 5) is 9.54. The molecule has 0 radical (unpaired) electrons. The minimum atomic E-state index is -0.00969. The van der Waals surface area contributed by atoms with Crippen molar-refractivity contribution >= 4 is 22.6 Å². The predicted octanol–water partition coefficient (Wildman–Crippen LogP) is 5.11. The molecule has 0 saturated carbocycles. The normalized spacial score (nSPS) is 12.5. The van der Waals surface area contributed by atoms with E-state index >= 15 is 0 Å². The maximum atomic E-state index is 4.77. The van der Waals surface area contributed by atoms with Gasteiger partial charge in [-0.1, -0.05) is 73.7 Å². The third kappa shape index (κ3) is 3.57. The highest BCUT2D eigenvalue weighted by Gasteiger charge is 2.24. The molecule has 0 aliphatic carbocycles. The largest absolute Gasteiger partial charge is 0.233 e. The molecule has 20 heavy (non-hydrogen) atoms. The minimum Gasteiger partial charge on any atom is -0.233 e. The summed E-state index contributed by atoms with van der Waals surface area (Å²) in [6, 6.07) is 12.3. The Balaban J connectivity index is 2.64. The van der Waals surface area contributed by atoms with Gasteiger partial charge in [0.15, 0.2) is 5.82 Å². The fourth-order valence-corrected chi connectivity index (χ4v) is 2.13. The van der Waals surface area contributed by atoms with Crippen LogP contribution in [-0.4, -0.2) is 9.97 Å². The van der Waals surface area contributed by atoms with Crippen molar-refractivity contribution in [2.24, 2.45) is 0 Å². The van der Waals surface area contributed by atoms with E-state index < -0.39 is 0 Å². The van der Waals surface area contributed by atoms with Crippen molar-refractivity contribution in [1.82, 2.24) is 9.97 Å². The highest BCUT2D eigenvalue weighted by Crippen LogP contribution is 2.33. The van der Waals surface area contributed by atoms with Crippen LogP contribution in [0.25, 0.3) is 11.4 Å². The Hall–Kier alpha value is -0.970. The molecule has 2 aromatic rings. The first-order chi connectivity index (χ1) is 9.18. The summed E-state index contributed by atoms with van der Waals surface area (Å²) in [5, 5.41) is 0. The maximum absolute atomic E-state index is 4.77. The Kier molecular flexibility index (Phi) is 4.19. The summed E-state index contributed by atoms with van der Waals surface area (Å²) in [5.74, 6) is 0.817. The molecular formula is C17H21IN2. The predicted molar refractivity (Wildman–Crippen MR) is 93.2 cm³/mol. The van der Waals surface area contributed by atoms with Crippen LogP contribution in [0, 0.1) is 0 Å². The van der Waals surface area contributed by atoms with E-state index in [-0.39, 0.29) is 8.84 Å². The molecule has 0 aliphatic rings. The topological polar surface area (TPSA) is 25.8 Å². The first kappa shape index (κ1) is 15.4. The molecule has 0 saturated heterocycles. The maximum Gasteiger partial charge on any atom is 0.159 e. The van der Waals surface area contributed by atoms with Gasteiger partial charge in [-0.15, -0.1) is 0 Å². The fourth-order valence-electron chi connectivity index (χ4n) is 1.85. The second-order valence-corrected chi connectivity index (χ2v) is 9.25. The van der Waals surface area contributed by atoms with Crippen molar-refractivity contribution in [3.8, 4) is 11.4 Å². The molecule has 0 amide bonds. The number of hydrogen-bond acceptors (Lipinski definition) is 2. The first-order valence-electron chi connectivity index (χ1n) is 6.82. The molecular weight excluding hydrogens is 359 g/mol. The highest BCUT2D eigenvalue weighted by molar-refractivity contribution is 14.1. The summed E-state index contributed by atoms with van der Waals surface area (Å²) >= 11 is 2.43. The van der Waals surface area contributed by atoms with E-state index in [2.05, 4.69) is 75.4 Å². The van der Waals surface area contributed by atoms with Crippen LogP contribution in [0.4, 0.5) is 0 Å². The summed E-state index contributed by atoms with van der Waals surface area (Å²) in [6.45, 7) is 10.9. The van der Waals surface area contributed by atoms with E-state index in [9.17, 15) is 0 Å². The molecule has 2 nitrogen and oxygen atoms in total. The van der Waals surface area contributed by atoms with Crippen molar-refractivity contribution in [1.29, 1.82) is 0 Å². The van der Waals surface area contributed by atoms with Gasteiger partial charge < -0.3 is 0 Å². The fraction of sp³-hybridized carbons (Fsp3) is 0.412. The van der Waals surface area contributed by atoms with Gasteiger partial charge in [0.2, 0.25) is 0 Å². The minimum absolute atomic E-state index is 0.00969. The Morgan fingerprint density at radius 3 is 1.90 bits per heavy atom.